The molecule has 1 rings (SSSR count). The van der Waals surface area contributed by atoms with Crippen LogP contribution in [0.1, 0.15) is 32.3 Å². The molecule has 1 aromatic rings. The molecule has 0 bridgehead atoms. The van der Waals surface area contributed by atoms with E-state index < -0.39 is 12.0 Å². The van der Waals surface area contributed by atoms with Gasteiger partial charge in [0.05, 0.1) is 12.5 Å². The Morgan fingerprint density at radius 3 is 2.48 bits per heavy atom. The highest BCUT2D eigenvalue weighted by atomic mass is 16.4. The van der Waals surface area contributed by atoms with Gasteiger partial charge < -0.3 is 15.7 Å². The number of carbonyl (C=O) groups is 2. The highest BCUT2D eigenvalue weighted by Crippen LogP contribution is 2.22. The lowest BCUT2D eigenvalue weighted by atomic mass is 9.98. The van der Waals surface area contributed by atoms with Crippen LogP contribution in [0.4, 0.5) is 5.69 Å². The summed E-state index contributed by atoms with van der Waals surface area (Å²) >= 11 is 0. The number of nitrogens with two attached hydrogens (primary N) is 1. The predicted octanol–water partition coefficient (Wildman–Crippen LogP) is 2.18. The monoisotopic (exact) mass is 292 g/mol. The summed E-state index contributed by atoms with van der Waals surface area (Å²) in [6, 6.07) is 6.80. The van der Waals surface area contributed by atoms with Crippen LogP contribution in [0.15, 0.2) is 24.3 Å². The van der Waals surface area contributed by atoms with E-state index in [-0.39, 0.29) is 24.8 Å². The van der Waals surface area contributed by atoms with Gasteiger partial charge >= 0.3 is 5.97 Å². The summed E-state index contributed by atoms with van der Waals surface area (Å²) in [5, 5.41) is 8.89. The van der Waals surface area contributed by atoms with E-state index in [9.17, 15) is 9.59 Å². The highest BCUT2D eigenvalue weighted by molar-refractivity contribution is 5.98. The van der Waals surface area contributed by atoms with Crippen LogP contribution >= 0.6 is 0 Å². The van der Waals surface area contributed by atoms with Crippen molar-refractivity contribution in [3.05, 3.63) is 29.8 Å². The van der Waals surface area contributed by atoms with E-state index in [1.807, 2.05) is 45.0 Å². The number of carbonyl (C=O) groups excluding carboxylic acids is 1. The molecule has 2 atom stereocenters. The van der Waals surface area contributed by atoms with Crippen molar-refractivity contribution in [3.63, 3.8) is 0 Å². The largest absolute Gasteiger partial charge is 0.481 e. The number of rotatable bonds is 7. The minimum atomic E-state index is -0.932. The van der Waals surface area contributed by atoms with Crippen molar-refractivity contribution in [2.45, 2.75) is 39.7 Å². The second-order valence-electron chi connectivity index (χ2n) is 5.33. The molecule has 0 aliphatic rings. The van der Waals surface area contributed by atoms with Crippen LogP contribution in [-0.2, 0) is 9.59 Å². The van der Waals surface area contributed by atoms with Gasteiger partial charge in [0.25, 0.3) is 0 Å². The van der Waals surface area contributed by atoms with Crippen molar-refractivity contribution in [1.29, 1.82) is 0 Å². The average molecular weight is 292 g/mol. The molecule has 2 unspecified atom stereocenters. The van der Waals surface area contributed by atoms with Gasteiger partial charge in [0.1, 0.15) is 0 Å². The summed E-state index contributed by atoms with van der Waals surface area (Å²) in [5.74, 6) is -1.10. The van der Waals surface area contributed by atoms with E-state index in [4.69, 9.17) is 10.8 Å². The van der Waals surface area contributed by atoms with Crippen LogP contribution in [0, 0.1) is 12.8 Å². The van der Waals surface area contributed by atoms with Crippen molar-refractivity contribution < 1.29 is 14.7 Å². The molecule has 21 heavy (non-hydrogen) atoms. The summed E-state index contributed by atoms with van der Waals surface area (Å²) < 4.78 is 0. The molecule has 1 amide bonds. The van der Waals surface area contributed by atoms with Crippen LogP contribution in [0.3, 0.4) is 0 Å². The molecular weight excluding hydrogens is 268 g/mol. The lowest BCUT2D eigenvalue weighted by Gasteiger charge is -2.29. The molecular formula is C16H24N2O3. The molecule has 0 spiro atoms. The number of aryl methyl sites for hydroxylation is 1. The SMILES string of the molecule is CCC(C)C(N)C(=O)N(CCC(=O)O)c1ccccc1C. The Morgan fingerprint density at radius 1 is 1.33 bits per heavy atom. The third kappa shape index (κ3) is 4.56. The minimum Gasteiger partial charge on any atom is -0.481 e. The molecule has 0 heterocycles. The number of benzene rings is 1. The van der Waals surface area contributed by atoms with E-state index in [1.165, 1.54) is 4.90 Å². The van der Waals surface area contributed by atoms with Gasteiger partial charge in [0.15, 0.2) is 0 Å². The molecule has 5 nitrogen and oxygen atoms in total. The van der Waals surface area contributed by atoms with Crippen molar-refractivity contribution in [1.82, 2.24) is 0 Å². The first-order valence-electron chi connectivity index (χ1n) is 7.22. The summed E-state index contributed by atoms with van der Waals surface area (Å²) in [6.45, 7) is 5.93. The molecule has 1 aromatic carbocycles. The van der Waals surface area contributed by atoms with E-state index in [2.05, 4.69) is 0 Å². The number of carboxylic acids is 1. The quantitative estimate of drug-likeness (QED) is 0.806. The number of hydrogen-bond donors (Lipinski definition) is 2. The van der Waals surface area contributed by atoms with Gasteiger partial charge in [0.2, 0.25) is 5.91 Å². The third-order valence-electron chi connectivity index (χ3n) is 3.76. The molecule has 3 N–H and O–H groups in total. The number of aliphatic carboxylic acids is 1. The highest BCUT2D eigenvalue weighted by Gasteiger charge is 2.27. The summed E-state index contributed by atoms with van der Waals surface area (Å²) in [6.07, 6.45) is 0.695. The first-order chi connectivity index (χ1) is 9.88. The van der Waals surface area contributed by atoms with Crippen molar-refractivity contribution >= 4 is 17.6 Å². The molecule has 0 saturated heterocycles. The van der Waals surface area contributed by atoms with Crippen molar-refractivity contribution in [2.24, 2.45) is 11.7 Å². The summed E-state index contributed by atoms with van der Waals surface area (Å²) in [4.78, 5) is 25.0. The third-order valence-corrected chi connectivity index (χ3v) is 3.76. The van der Waals surface area contributed by atoms with Gasteiger partial charge in [0, 0.05) is 12.2 Å². The molecule has 0 aromatic heterocycles. The number of anilines is 1. The van der Waals surface area contributed by atoms with Gasteiger partial charge in [-0.15, -0.1) is 0 Å². The minimum absolute atomic E-state index is 0.0499. The Labute approximate surface area is 125 Å². The van der Waals surface area contributed by atoms with Crippen LogP contribution in [0.25, 0.3) is 0 Å². The fraction of sp³-hybridized carbons (Fsp3) is 0.500. The average Bonchev–Trinajstić information content (AvgIpc) is 2.46. The maximum atomic E-state index is 12.6. The fourth-order valence-corrected chi connectivity index (χ4v) is 2.10. The van der Waals surface area contributed by atoms with E-state index in [1.54, 1.807) is 0 Å². The lowest BCUT2D eigenvalue weighted by Crippen LogP contribution is -2.48. The standard InChI is InChI=1S/C16H24N2O3/c1-4-11(2)15(17)16(21)18(10-9-14(19)20)13-8-6-5-7-12(13)3/h5-8,11,15H,4,9-10,17H2,1-3H3,(H,19,20). The van der Waals surface area contributed by atoms with E-state index >= 15 is 0 Å². The number of hydrogen-bond acceptors (Lipinski definition) is 3. The van der Waals surface area contributed by atoms with Gasteiger partial charge in [-0.3, -0.25) is 9.59 Å². The zero-order valence-electron chi connectivity index (χ0n) is 12.9. The molecule has 0 saturated carbocycles. The Hall–Kier alpha value is -1.88. The zero-order chi connectivity index (χ0) is 16.0. The smallest absolute Gasteiger partial charge is 0.305 e. The van der Waals surface area contributed by atoms with Gasteiger partial charge in [-0.1, -0.05) is 38.5 Å². The van der Waals surface area contributed by atoms with Crippen molar-refractivity contribution in [3.8, 4) is 0 Å². The lowest BCUT2D eigenvalue weighted by molar-refractivity contribution is -0.136. The Kier molecular flexibility index (Phi) is 6.37. The Bertz CT molecular complexity index is 502. The summed E-state index contributed by atoms with van der Waals surface area (Å²) in [7, 11) is 0. The van der Waals surface area contributed by atoms with Crippen LogP contribution in [0.5, 0.6) is 0 Å². The van der Waals surface area contributed by atoms with E-state index in [0.29, 0.717) is 0 Å². The van der Waals surface area contributed by atoms with Gasteiger partial charge in [-0.2, -0.15) is 0 Å². The first kappa shape index (κ1) is 17.2. The maximum Gasteiger partial charge on any atom is 0.305 e. The molecule has 0 radical (unpaired) electrons. The normalized spacial score (nSPS) is 13.5. The van der Waals surface area contributed by atoms with Crippen LogP contribution < -0.4 is 10.6 Å². The van der Waals surface area contributed by atoms with Crippen LogP contribution in [-0.4, -0.2) is 29.6 Å². The Morgan fingerprint density at radius 2 is 1.95 bits per heavy atom. The second kappa shape index (κ2) is 7.78. The molecule has 116 valence electrons. The predicted molar refractivity (Wildman–Crippen MR) is 83.2 cm³/mol. The van der Waals surface area contributed by atoms with Gasteiger partial charge in [-0.05, 0) is 24.5 Å². The molecule has 0 aliphatic carbocycles. The number of para-hydroxylation sites is 1. The summed E-state index contributed by atoms with van der Waals surface area (Å²) in [5.41, 5.74) is 7.68. The number of carboxylic acid groups (broad SMARTS) is 1. The van der Waals surface area contributed by atoms with Crippen LogP contribution in [0.2, 0.25) is 0 Å². The van der Waals surface area contributed by atoms with E-state index in [0.717, 1.165) is 17.7 Å². The first-order valence-corrected chi connectivity index (χ1v) is 7.22. The number of nitrogens with zero attached hydrogens (tertiary/aromatic N) is 1. The zero-order valence-corrected chi connectivity index (χ0v) is 12.9. The Balaban J connectivity index is 3.05. The van der Waals surface area contributed by atoms with Gasteiger partial charge in [-0.25, -0.2) is 0 Å². The molecule has 0 aliphatic heterocycles. The van der Waals surface area contributed by atoms with Crippen molar-refractivity contribution in [2.75, 3.05) is 11.4 Å². The maximum absolute atomic E-state index is 12.6. The molecule has 5 heteroatoms. The second-order valence-corrected chi connectivity index (χ2v) is 5.33. The fourth-order valence-electron chi connectivity index (χ4n) is 2.10. The topological polar surface area (TPSA) is 83.6 Å². The number of amides is 1. The molecule has 0 fully saturated rings.